The molecule has 1 fully saturated rings. The molecule has 2 rings (SSSR count). The van der Waals surface area contributed by atoms with Gasteiger partial charge in [0.1, 0.15) is 0 Å². The lowest BCUT2D eigenvalue weighted by Crippen LogP contribution is -3.63. The SMILES string of the molecule is CC1(C)OC(=O)[C-]([I+]c2ccc([N+](=O)[O-])cc2)C(=O)O1. The fourth-order valence-electron chi connectivity index (χ4n) is 1.45. The summed E-state index contributed by atoms with van der Waals surface area (Å²) >= 11 is -1.10. The Bertz CT molecular complexity index is 548. The quantitative estimate of drug-likeness (QED) is 0.199. The van der Waals surface area contributed by atoms with Crippen LogP contribution in [0.25, 0.3) is 0 Å². The number of ether oxygens (including phenoxy) is 2. The lowest BCUT2D eigenvalue weighted by Gasteiger charge is -2.35. The van der Waals surface area contributed by atoms with E-state index in [0.29, 0.717) is 3.57 Å². The maximum Gasteiger partial charge on any atom is 0.269 e. The van der Waals surface area contributed by atoms with E-state index in [1.54, 1.807) is 0 Å². The summed E-state index contributed by atoms with van der Waals surface area (Å²) in [5.74, 6) is -2.62. The number of esters is 2. The smallest absolute Gasteiger partial charge is 0.269 e. The van der Waals surface area contributed by atoms with Crippen molar-refractivity contribution in [3.05, 3.63) is 41.9 Å². The van der Waals surface area contributed by atoms with E-state index < -0.39 is 43.9 Å². The van der Waals surface area contributed by atoms with Crippen molar-refractivity contribution in [3.8, 4) is 0 Å². The summed E-state index contributed by atoms with van der Waals surface area (Å²) < 4.78 is 10.7. The average Bonchev–Trinajstić information content (AvgIpc) is 2.33. The second-order valence-corrected chi connectivity index (χ2v) is 7.18. The van der Waals surface area contributed by atoms with Crippen LogP contribution in [0.4, 0.5) is 5.69 Å². The fourth-order valence-corrected chi connectivity index (χ4v) is 3.45. The number of nitrogens with zero attached hydrogens (tertiary/aromatic N) is 1. The molecule has 0 aromatic heterocycles. The molecule has 1 aromatic rings. The van der Waals surface area contributed by atoms with Gasteiger partial charge in [-0.25, -0.2) is 0 Å². The molecule has 1 aliphatic rings. The number of non-ortho nitro benzene ring substituents is 1. The highest BCUT2D eigenvalue weighted by molar-refractivity contribution is 6.08. The first-order valence-electron chi connectivity index (χ1n) is 5.51. The van der Waals surface area contributed by atoms with Crippen molar-refractivity contribution < 1.29 is 45.2 Å². The Labute approximate surface area is 124 Å². The van der Waals surface area contributed by atoms with Gasteiger partial charge >= 0.3 is 0 Å². The molecular weight excluding hydrogens is 381 g/mol. The van der Waals surface area contributed by atoms with Crippen LogP contribution in [-0.4, -0.2) is 22.6 Å². The monoisotopic (exact) mass is 391 g/mol. The number of nitro groups is 1. The van der Waals surface area contributed by atoms with Crippen molar-refractivity contribution in [2.75, 3.05) is 0 Å². The summed E-state index contributed by atoms with van der Waals surface area (Å²) in [4.78, 5) is 33.5. The van der Waals surface area contributed by atoms with E-state index in [2.05, 4.69) is 0 Å². The van der Waals surface area contributed by atoms with Gasteiger partial charge in [-0.05, 0) is 12.1 Å². The lowest BCUT2D eigenvalue weighted by molar-refractivity contribution is -0.601. The molecule has 0 amide bonds. The molecule has 1 aliphatic heterocycles. The molecule has 0 aliphatic carbocycles. The average molecular weight is 391 g/mol. The summed E-state index contributed by atoms with van der Waals surface area (Å²) in [5.41, 5.74) is -0.0438. The number of carbonyl (C=O) groups excluding carboxylic acids is 2. The van der Waals surface area contributed by atoms with Crippen molar-refractivity contribution in [1.82, 2.24) is 0 Å². The van der Waals surface area contributed by atoms with E-state index in [1.807, 2.05) is 0 Å². The van der Waals surface area contributed by atoms with Crippen LogP contribution in [-0.2, 0) is 19.1 Å². The summed E-state index contributed by atoms with van der Waals surface area (Å²) in [6.45, 7) is 2.95. The molecule has 1 aromatic carbocycles. The third kappa shape index (κ3) is 3.18. The third-order valence-electron chi connectivity index (χ3n) is 2.28. The first-order valence-corrected chi connectivity index (χ1v) is 7.67. The van der Waals surface area contributed by atoms with E-state index in [4.69, 9.17) is 9.47 Å². The molecule has 0 spiro atoms. The van der Waals surface area contributed by atoms with Crippen LogP contribution in [0.15, 0.2) is 24.3 Å². The Kier molecular flexibility index (Phi) is 3.84. The largest absolute Gasteiger partial charge is 0.443 e. The summed E-state index contributed by atoms with van der Waals surface area (Å²) in [6, 6.07) is 5.72. The van der Waals surface area contributed by atoms with E-state index >= 15 is 0 Å². The van der Waals surface area contributed by atoms with Crippen molar-refractivity contribution in [2.45, 2.75) is 19.6 Å². The molecular formula is C12H10INO6. The van der Waals surface area contributed by atoms with Crippen LogP contribution in [0, 0.1) is 17.6 Å². The fraction of sp³-hybridized carbons (Fsp3) is 0.250. The van der Waals surface area contributed by atoms with Gasteiger partial charge in [-0.1, -0.05) is 0 Å². The molecule has 0 atom stereocenters. The van der Waals surface area contributed by atoms with E-state index in [-0.39, 0.29) is 9.61 Å². The molecule has 0 N–H and O–H groups in total. The van der Waals surface area contributed by atoms with E-state index in [9.17, 15) is 19.7 Å². The van der Waals surface area contributed by atoms with Crippen LogP contribution >= 0.6 is 0 Å². The summed E-state index contributed by atoms with van der Waals surface area (Å²) in [5, 5.41) is 10.5. The molecule has 1 saturated heterocycles. The molecule has 8 heteroatoms. The first-order chi connectivity index (χ1) is 9.28. The lowest BCUT2D eigenvalue weighted by atomic mass is 10.3. The zero-order valence-electron chi connectivity index (χ0n) is 10.6. The zero-order valence-corrected chi connectivity index (χ0v) is 12.7. The van der Waals surface area contributed by atoms with Crippen molar-refractivity contribution in [3.63, 3.8) is 0 Å². The molecule has 0 bridgehead atoms. The molecule has 7 nitrogen and oxygen atoms in total. The van der Waals surface area contributed by atoms with Gasteiger partial charge in [0, 0.05) is 26.0 Å². The number of benzene rings is 1. The van der Waals surface area contributed by atoms with Gasteiger partial charge in [0.25, 0.3) is 5.69 Å². The standard InChI is InChI=1S/C12H10INO6/c1-12(2)19-10(15)9(11(16)20-12)13-7-3-5-8(6-4-7)14(17)18/h3-6H,1-2H3. The highest BCUT2D eigenvalue weighted by atomic mass is 127. The van der Waals surface area contributed by atoms with Gasteiger partial charge in [-0.3, -0.25) is 19.7 Å². The Hall–Kier alpha value is -1.84. The van der Waals surface area contributed by atoms with Gasteiger partial charge in [0.2, 0.25) is 17.7 Å². The molecule has 0 radical (unpaired) electrons. The number of carbonyl (C=O) groups is 2. The van der Waals surface area contributed by atoms with Crippen LogP contribution < -0.4 is 21.2 Å². The third-order valence-corrected chi connectivity index (χ3v) is 5.04. The predicted octanol–water partition coefficient (Wildman–Crippen LogP) is -1.78. The zero-order chi connectivity index (χ0) is 14.9. The maximum atomic E-state index is 11.8. The van der Waals surface area contributed by atoms with Gasteiger partial charge in [-0.2, -0.15) is 0 Å². The summed E-state index contributed by atoms with van der Waals surface area (Å²) in [7, 11) is 0. The van der Waals surface area contributed by atoms with Crippen molar-refractivity contribution >= 4 is 17.6 Å². The number of rotatable bonds is 3. The van der Waals surface area contributed by atoms with Gasteiger partial charge in [0.15, 0.2) is 24.8 Å². The topological polar surface area (TPSA) is 95.7 Å². The number of hydrogen-bond donors (Lipinski definition) is 0. The molecule has 0 unspecified atom stereocenters. The molecule has 1 heterocycles. The second-order valence-electron chi connectivity index (χ2n) is 4.32. The van der Waals surface area contributed by atoms with Gasteiger partial charge in [0.05, 0.1) is 8.85 Å². The summed E-state index contributed by atoms with van der Waals surface area (Å²) in [6.07, 6.45) is 0. The Balaban J connectivity index is 2.11. The highest BCUT2D eigenvalue weighted by Gasteiger charge is 2.40. The molecule has 106 valence electrons. The van der Waals surface area contributed by atoms with Crippen molar-refractivity contribution in [1.29, 1.82) is 0 Å². The van der Waals surface area contributed by atoms with E-state index in [0.717, 1.165) is 0 Å². The number of nitro benzene ring substituents is 1. The highest BCUT2D eigenvalue weighted by Crippen LogP contribution is 2.20. The minimum atomic E-state index is -1.25. The number of cyclic esters (lactones) is 2. The second kappa shape index (κ2) is 5.27. The Morgan fingerprint density at radius 2 is 1.65 bits per heavy atom. The number of hydrogen-bond acceptors (Lipinski definition) is 6. The van der Waals surface area contributed by atoms with Gasteiger partial charge in [-0.15, -0.1) is 0 Å². The normalized spacial score (nSPS) is 17.4. The Morgan fingerprint density at radius 1 is 1.15 bits per heavy atom. The number of halogens is 1. The first kappa shape index (κ1) is 14.6. The maximum absolute atomic E-state index is 11.8. The predicted molar refractivity (Wildman–Crippen MR) is 61.3 cm³/mol. The van der Waals surface area contributed by atoms with E-state index in [1.165, 1.54) is 38.1 Å². The molecule has 0 saturated carbocycles. The van der Waals surface area contributed by atoms with Crippen molar-refractivity contribution in [2.24, 2.45) is 0 Å². The molecule has 20 heavy (non-hydrogen) atoms. The van der Waals surface area contributed by atoms with Crippen LogP contribution in [0.5, 0.6) is 0 Å². The minimum absolute atomic E-state index is 0.0167. The van der Waals surface area contributed by atoms with Crippen LogP contribution in [0.1, 0.15) is 13.8 Å². The van der Waals surface area contributed by atoms with Crippen LogP contribution in [0.3, 0.4) is 0 Å². The Morgan fingerprint density at radius 3 is 2.10 bits per heavy atom. The van der Waals surface area contributed by atoms with Gasteiger partial charge < -0.3 is 9.47 Å². The van der Waals surface area contributed by atoms with Crippen LogP contribution in [0.2, 0.25) is 0 Å². The minimum Gasteiger partial charge on any atom is -0.443 e.